The van der Waals surface area contributed by atoms with Crippen molar-refractivity contribution in [1.29, 1.82) is 0 Å². The van der Waals surface area contributed by atoms with Crippen LogP contribution in [-0.2, 0) is 17.9 Å². The topological polar surface area (TPSA) is 60.2 Å². The predicted octanol–water partition coefficient (Wildman–Crippen LogP) is 3.56. The highest BCUT2D eigenvalue weighted by Gasteiger charge is 2.08. The lowest BCUT2D eigenvalue weighted by atomic mass is 10.1. The number of aromatic nitrogens is 2. The molecular weight excluding hydrogens is 286 g/mol. The number of rotatable bonds is 6. The third-order valence-electron chi connectivity index (χ3n) is 2.93. The number of hydrogen-bond donors (Lipinski definition) is 1. The Morgan fingerprint density at radius 1 is 1.14 bits per heavy atom. The van der Waals surface area contributed by atoms with E-state index in [9.17, 15) is 0 Å². The smallest absolute Gasteiger partial charge is 0.316 e. The zero-order valence-electron chi connectivity index (χ0n) is 11.6. The van der Waals surface area contributed by atoms with Crippen LogP contribution in [0.2, 0.25) is 0 Å². The first-order valence-electron chi connectivity index (χ1n) is 6.53. The molecule has 2 heterocycles. The number of benzene rings is 1. The summed E-state index contributed by atoms with van der Waals surface area (Å²) < 4.78 is 10.7. The molecule has 0 aliphatic rings. The molecule has 0 saturated heterocycles. The van der Waals surface area contributed by atoms with Crippen molar-refractivity contribution >= 4 is 17.4 Å². The SMILES string of the molecule is COCc1ccc(CNc2nnc(-c3cccs3)o2)cc1. The summed E-state index contributed by atoms with van der Waals surface area (Å²) in [5.41, 5.74) is 2.30. The lowest BCUT2D eigenvalue weighted by molar-refractivity contribution is 0.185. The van der Waals surface area contributed by atoms with Gasteiger partial charge in [-0.15, -0.1) is 16.4 Å². The minimum Gasteiger partial charge on any atom is -0.403 e. The molecule has 0 fully saturated rings. The zero-order chi connectivity index (χ0) is 14.5. The fourth-order valence-electron chi connectivity index (χ4n) is 1.89. The van der Waals surface area contributed by atoms with E-state index in [1.165, 1.54) is 0 Å². The number of methoxy groups -OCH3 is 1. The van der Waals surface area contributed by atoms with Crippen LogP contribution >= 0.6 is 11.3 Å². The number of nitrogens with one attached hydrogen (secondary N) is 1. The van der Waals surface area contributed by atoms with E-state index in [0.29, 0.717) is 25.1 Å². The van der Waals surface area contributed by atoms with Crippen molar-refractivity contribution in [3.63, 3.8) is 0 Å². The zero-order valence-corrected chi connectivity index (χ0v) is 12.4. The first kappa shape index (κ1) is 13.8. The van der Waals surface area contributed by atoms with Gasteiger partial charge in [0.1, 0.15) is 0 Å². The largest absolute Gasteiger partial charge is 0.403 e. The first-order chi connectivity index (χ1) is 10.3. The second-order valence-electron chi connectivity index (χ2n) is 4.49. The van der Waals surface area contributed by atoms with Gasteiger partial charge in [-0.25, -0.2) is 0 Å². The fourth-order valence-corrected chi connectivity index (χ4v) is 2.54. The van der Waals surface area contributed by atoms with Crippen LogP contribution in [0.1, 0.15) is 11.1 Å². The van der Waals surface area contributed by atoms with Crippen molar-refractivity contribution < 1.29 is 9.15 Å². The van der Waals surface area contributed by atoms with Crippen LogP contribution in [0.15, 0.2) is 46.2 Å². The number of hydrogen-bond acceptors (Lipinski definition) is 6. The number of nitrogens with zero attached hydrogens (tertiary/aromatic N) is 2. The summed E-state index contributed by atoms with van der Waals surface area (Å²) in [4.78, 5) is 0.972. The minimum absolute atomic E-state index is 0.430. The Hall–Kier alpha value is -2.18. The molecule has 0 bridgehead atoms. The summed E-state index contributed by atoms with van der Waals surface area (Å²) in [6, 6.07) is 12.5. The molecule has 6 heteroatoms. The van der Waals surface area contributed by atoms with Gasteiger partial charge in [0.15, 0.2) is 0 Å². The number of anilines is 1. The van der Waals surface area contributed by atoms with Crippen molar-refractivity contribution in [3.05, 3.63) is 52.9 Å². The van der Waals surface area contributed by atoms with Crippen LogP contribution in [0.25, 0.3) is 10.8 Å². The first-order valence-corrected chi connectivity index (χ1v) is 7.41. The lowest BCUT2D eigenvalue weighted by Gasteiger charge is -2.03. The summed E-state index contributed by atoms with van der Waals surface area (Å²) >= 11 is 1.57. The third-order valence-corrected chi connectivity index (χ3v) is 3.79. The summed E-state index contributed by atoms with van der Waals surface area (Å²) in [6.45, 7) is 1.26. The van der Waals surface area contributed by atoms with Crippen LogP contribution in [0, 0.1) is 0 Å². The van der Waals surface area contributed by atoms with E-state index in [0.717, 1.165) is 16.0 Å². The Bertz CT molecular complexity index is 677. The molecule has 0 unspecified atom stereocenters. The molecule has 0 aliphatic carbocycles. The number of thiophene rings is 1. The van der Waals surface area contributed by atoms with Gasteiger partial charge in [-0.1, -0.05) is 35.4 Å². The summed E-state index contributed by atoms with van der Waals surface area (Å²) in [6.07, 6.45) is 0. The minimum atomic E-state index is 0.430. The van der Waals surface area contributed by atoms with Gasteiger partial charge in [0.25, 0.3) is 5.89 Å². The molecule has 3 aromatic rings. The Morgan fingerprint density at radius 2 is 1.95 bits per heavy atom. The van der Waals surface area contributed by atoms with Crippen molar-refractivity contribution in [2.24, 2.45) is 0 Å². The Morgan fingerprint density at radius 3 is 2.67 bits per heavy atom. The maximum atomic E-state index is 5.57. The maximum Gasteiger partial charge on any atom is 0.316 e. The van der Waals surface area contributed by atoms with Crippen molar-refractivity contribution in [3.8, 4) is 10.8 Å². The van der Waals surface area contributed by atoms with Crippen molar-refractivity contribution in [2.75, 3.05) is 12.4 Å². The van der Waals surface area contributed by atoms with Gasteiger partial charge >= 0.3 is 6.01 Å². The van der Waals surface area contributed by atoms with Crippen molar-refractivity contribution in [2.45, 2.75) is 13.2 Å². The molecule has 1 N–H and O–H groups in total. The molecule has 2 aromatic heterocycles. The van der Waals surface area contributed by atoms with Gasteiger partial charge in [0.05, 0.1) is 11.5 Å². The molecule has 108 valence electrons. The van der Waals surface area contributed by atoms with E-state index < -0.39 is 0 Å². The second-order valence-corrected chi connectivity index (χ2v) is 5.44. The van der Waals surface area contributed by atoms with Gasteiger partial charge in [-0.2, -0.15) is 0 Å². The second kappa shape index (κ2) is 6.51. The van der Waals surface area contributed by atoms with Crippen molar-refractivity contribution in [1.82, 2.24) is 10.2 Å². The molecule has 0 spiro atoms. The molecular formula is C15H15N3O2S. The molecule has 1 aromatic carbocycles. The van der Waals surface area contributed by atoms with E-state index in [-0.39, 0.29) is 0 Å². The molecule has 0 radical (unpaired) electrons. The maximum absolute atomic E-state index is 5.57. The van der Waals surface area contributed by atoms with Gasteiger partial charge in [0.2, 0.25) is 0 Å². The van der Waals surface area contributed by atoms with E-state index in [1.807, 2.05) is 29.6 Å². The Kier molecular flexibility index (Phi) is 4.28. The van der Waals surface area contributed by atoms with Gasteiger partial charge in [-0.05, 0) is 22.6 Å². The van der Waals surface area contributed by atoms with E-state index in [4.69, 9.17) is 9.15 Å². The molecule has 0 amide bonds. The average Bonchev–Trinajstić information content (AvgIpc) is 3.18. The summed E-state index contributed by atoms with van der Waals surface area (Å²) in [7, 11) is 1.69. The van der Waals surface area contributed by atoms with Crippen LogP contribution in [0.5, 0.6) is 0 Å². The molecule has 0 saturated carbocycles. The number of ether oxygens (including phenoxy) is 1. The fraction of sp³-hybridized carbons (Fsp3) is 0.200. The quantitative estimate of drug-likeness (QED) is 0.754. The Balaban J connectivity index is 1.60. The molecule has 21 heavy (non-hydrogen) atoms. The lowest BCUT2D eigenvalue weighted by Crippen LogP contribution is -1.99. The Labute approximate surface area is 126 Å². The summed E-state index contributed by atoms with van der Waals surface area (Å²) in [5, 5.41) is 13.1. The van der Waals surface area contributed by atoms with E-state index >= 15 is 0 Å². The van der Waals surface area contributed by atoms with Crippen LogP contribution < -0.4 is 5.32 Å². The van der Waals surface area contributed by atoms with E-state index in [1.54, 1.807) is 18.4 Å². The third kappa shape index (κ3) is 3.48. The van der Waals surface area contributed by atoms with Crippen LogP contribution in [-0.4, -0.2) is 17.3 Å². The molecule has 5 nitrogen and oxygen atoms in total. The highest BCUT2D eigenvalue weighted by atomic mass is 32.1. The van der Waals surface area contributed by atoms with Crippen LogP contribution in [0.3, 0.4) is 0 Å². The molecule has 0 atom stereocenters. The molecule has 3 rings (SSSR count). The highest BCUT2D eigenvalue weighted by molar-refractivity contribution is 7.13. The van der Waals surface area contributed by atoms with Crippen LogP contribution in [0.4, 0.5) is 6.01 Å². The van der Waals surface area contributed by atoms with E-state index in [2.05, 4.69) is 27.6 Å². The standard InChI is InChI=1S/C15H15N3O2S/c1-19-10-12-6-4-11(5-7-12)9-16-15-18-17-14(20-15)13-3-2-8-21-13/h2-8H,9-10H2,1H3,(H,16,18). The average molecular weight is 301 g/mol. The van der Waals surface area contributed by atoms with Gasteiger partial charge in [-0.3, -0.25) is 0 Å². The van der Waals surface area contributed by atoms with Gasteiger partial charge in [0, 0.05) is 13.7 Å². The van der Waals surface area contributed by atoms with Gasteiger partial charge < -0.3 is 14.5 Å². The summed E-state index contributed by atoms with van der Waals surface area (Å²) in [5.74, 6) is 0.544. The normalized spacial score (nSPS) is 10.7. The highest BCUT2D eigenvalue weighted by Crippen LogP contribution is 2.24. The monoisotopic (exact) mass is 301 g/mol. The predicted molar refractivity (Wildman–Crippen MR) is 82.1 cm³/mol. The molecule has 0 aliphatic heterocycles.